The lowest BCUT2D eigenvalue weighted by Gasteiger charge is -2.08. The fraction of sp³-hybridized carbons (Fsp3) is 0.136. The fourth-order valence-corrected chi connectivity index (χ4v) is 4.49. The molecule has 2 aromatic carbocycles. The maximum Gasteiger partial charge on any atom is 0.416 e. The molecule has 4 rings (SSSR count). The van der Waals surface area contributed by atoms with E-state index in [1.54, 1.807) is 10.6 Å². The summed E-state index contributed by atoms with van der Waals surface area (Å²) in [4.78, 5) is 27.9. The van der Waals surface area contributed by atoms with Crippen molar-refractivity contribution in [3.8, 4) is 5.69 Å². The predicted octanol–water partition coefficient (Wildman–Crippen LogP) is 3.91. The van der Waals surface area contributed by atoms with E-state index in [4.69, 9.17) is 5.73 Å². The number of rotatable bonds is 6. The maximum atomic E-state index is 13.0. The molecule has 0 aliphatic carbocycles. The molecule has 0 spiro atoms. The molecule has 6 nitrogen and oxygen atoms in total. The summed E-state index contributed by atoms with van der Waals surface area (Å²) in [6.45, 7) is -0.287. The Morgan fingerprint density at radius 3 is 2.66 bits per heavy atom. The molecule has 2 aromatic heterocycles. The van der Waals surface area contributed by atoms with Gasteiger partial charge in [0.25, 0.3) is 5.91 Å². The van der Waals surface area contributed by atoms with Gasteiger partial charge in [0, 0.05) is 17.5 Å². The van der Waals surface area contributed by atoms with Crippen molar-refractivity contribution in [2.75, 3.05) is 6.54 Å². The third-order valence-corrected chi connectivity index (χ3v) is 5.90. The van der Waals surface area contributed by atoms with Crippen LogP contribution in [0.3, 0.4) is 0 Å². The number of carbonyl (C=O) groups excluding carboxylic acids is 2. The Morgan fingerprint density at radius 2 is 1.91 bits per heavy atom. The zero-order valence-electron chi connectivity index (χ0n) is 16.5. The van der Waals surface area contributed by atoms with E-state index in [1.165, 1.54) is 29.9 Å². The molecule has 32 heavy (non-hydrogen) atoms. The van der Waals surface area contributed by atoms with E-state index in [2.05, 4.69) is 10.3 Å². The van der Waals surface area contributed by atoms with Crippen LogP contribution in [0.5, 0.6) is 0 Å². The molecule has 0 atom stereocenters. The molecule has 0 bridgehead atoms. The van der Waals surface area contributed by atoms with Crippen molar-refractivity contribution >= 4 is 33.2 Å². The summed E-state index contributed by atoms with van der Waals surface area (Å²) in [5, 5.41) is 3.31. The molecule has 0 fully saturated rings. The fourth-order valence-electron chi connectivity index (χ4n) is 3.28. The summed E-state index contributed by atoms with van der Waals surface area (Å²) < 4.78 is 41.6. The molecular weight excluding hydrogens is 441 g/mol. The molecule has 0 saturated carbocycles. The number of halogens is 3. The smallest absolute Gasteiger partial charge is 0.368 e. The van der Waals surface area contributed by atoms with Crippen LogP contribution in [0.25, 0.3) is 15.8 Å². The summed E-state index contributed by atoms with van der Waals surface area (Å²) in [6.07, 6.45) is -0.989. The van der Waals surface area contributed by atoms with Crippen LogP contribution in [-0.2, 0) is 17.4 Å². The number of nitrogens with zero attached hydrogens (tertiary/aromatic N) is 2. The Morgan fingerprint density at radius 1 is 1.12 bits per heavy atom. The lowest BCUT2D eigenvalue weighted by atomic mass is 10.1. The summed E-state index contributed by atoms with van der Waals surface area (Å²) in [7, 11) is 0. The van der Waals surface area contributed by atoms with Crippen LogP contribution in [0.2, 0.25) is 0 Å². The molecule has 3 N–H and O–H groups in total. The number of nitrogens with one attached hydrogen (secondary N) is 1. The van der Waals surface area contributed by atoms with Gasteiger partial charge in [0.2, 0.25) is 5.91 Å². The van der Waals surface area contributed by atoms with E-state index >= 15 is 0 Å². The van der Waals surface area contributed by atoms with Crippen molar-refractivity contribution in [3.05, 3.63) is 82.8 Å². The van der Waals surface area contributed by atoms with Crippen molar-refractivity contribution in [2.45, 2.75) is 12.6 Å². The van der Waals surface area contributed by atoms with Gasteiger partial charge < -0.3 is 15.6 Å². The zero-order chi connectivity index (χ0) is 22.9. The molecule has 2 amide bonds. The number of imidazole rings is 1. The second-order valence-electron chi connectivity index (χ2n) is 7.10. The molecule has 0 aliphatic heterocycles. The summed E-state index contributed by atoms with van der Waals surface area (Å²) in [6, 6.07) is 12.9. The van der Waals surface area contributed by atoms with Crippen molar-refractivity contribution in [1.29, 1.82) is 0 Å². The predicted molar refractivity (Wildman–Crippen MR) is 115 cm³/mol. The number of nitrogens with two attached hydrogens (primary N) is 1. The number of hydrogen-bond acceptors (Lipinski definition) is 4. The topological polar surface area (TPSA) is 90.0 Å². The lowest BCUT2D eigenvalue weighted by Crippen LogP contribution is -2.33. The largest absolute Gasteiger partial charge is 0.416 e. The summed E-state index contributed by atoms with van der Waals surface area (Å²) in [5.74, 6) is -1.18. The average Bonchev–Trinajstić information content (AvgIpc) is 3.38. The van der Waals surface area contributed by atoms with Gasteiger partial charge in [-0.1, -0.05) is 30.3 Å². The highest BCUT2D eigenvalue weighted by atomic mass is 32.1. The summed E-state index contributed by atoms with van der Waals surface area (Å²) >= 11 is 1.47. The van der Waals surface area contributed by atoms with Crippen LogP contribution < -0.4 is 11.1 Å². The number of hydrogen-bond donors (Lipinski definition) is 2. The van der Waals surface area contributed by atoms with Crippen molar-refractivity contribution in [3.63, 3.8) is 0 Å². The van der Waals surface area contributed by atoms with Gasteiger partial charge >= 0.3 is 6.18 Å². The molecular formula is C22H17F3N4O2S. The molecule has 0 saturated heterocycles. The number of benzene rings is 2. The van der Waals surface area contributed by atoms with Gasteiger partial charge in [0.05, 0.1) is 22.5 Å². The SMILES string of the molecule is NC(=O)CNC(=O)c1cn(-c2cccc3cc(Cc4cccc(C(F)(F)F)c4)sc23)cn1. The minimum atomic E-state index is -4.38. The van der Waals surface area contributed by atoms with Gasteiger partial charge in [-0.15, -0.1) is 11.3 Å². The van der Waals surface area contributed by atoms with Crippen molar-refractivity contribution in [2.24, 2.45) is 5.73 Å². The highest BCUT2D eigenvalue weighted by molar-refractivity contribution is 7.19. The van der Waals surface area contributed by atoms with E-state index in [9.17, 15) is 22.8 Å². The lowest BCUT2D eigenvalue weighted by molar-refractivity contribution is -0.137. The van der Waals surface area contributed by atoms with E-state index in [-0.39, 0.29) is 12.2 Å². The number of primary amides is 1. The van der Waals surface area contributed by atoms with Gasteiger partial charge in [0.15, 0.2) is 0 Å². The van der Waals surface area contributed by atoms with Crippen LogP contribution in [0.1, 0.15) is 26.5 Å². The third-order valence-electron chi connectivity index (χ3n) is 4.72. The Balaban J connectivity index is 1.61. The molecule has 0 aliphatic rings. The molecule has 10 heteroatoms. The molecule has 164 valence electrons. The first-order valence-corrected chi connectivity index (χ1v) is 10.3. The number of aromatic nitrogens is 2. The first kappa shape index (κ1) is 21.6. The monoisotopic (exact) mass is 458 g/mol. The average molecular weight is 458 g/mol. The van der Waals surface area contributed by atoms with Gasteiger partial charge in [-0.3, -0.25) is 9.59 Å². The highest BCUT2D eigenvalue weighted by Gasteiger charge is 2.30. The van der Waals surface area contributed by atoms with Gasteiger partial charge in [0.1, 0.15) is 12.0 Å². The first-order chi connectivity index (χ1) is 15.2. The van der Waals surface area contributed by atoms with Crippen LogP contribution in [0, 0.1) is 0 Å². The van der Waals surface area contributed by atoms with Gasteiger partial charge in [-0.05, 0) is 29.1 Å². The second-order valence-corrected chi connectivity index (χ2v) is 8.24. The quantitative estimate of drug-likeness (QED) is 0.459. The molecule has 0 unspecified atom stereocenters. The first-order valence-electron chi connectivity index (χ1n) is 9.49. The number of fused-ring (bicyclic) bond motifs is 1. The van der Waals surface area contributed by atoms with Crippen molar-refractivity contribution < 1.29 is 22.8 Å². The second kappa shape index (κ2) is 8.46. The number of alkyl halides is 3. The van der Waals surface area contributed by atoms with Crippen LogP contribution in [0.15, 0.2) is 61.1 Å². The van der Waals surface area contributed by atoms with Gasteiger partial charge in [-0.25, -0.2) is 4.98 Å². The van der Waals surface area contributed by atoms with Gasteiger partial charge in [-0.2, -0.15) is 13.2 Å². The van der Waals surface area contributed by atoms with Crippen molar-refractivity contribution in [1.82, 2.24) is 14.9 Å². The normalized spacial score (nSPS) is 11.6. The summed E-state index contributed by atoms with van der Waals surface area (Å²) in [5.41, 5.74) is 5.85. The minimum absolute atomic E-state index is 0.129. The van der Waals surface area contributed by atoms with E-state index in [1.807, 2.05) is 24.3 Å². The van der Waals surface area contributed by atoms with E-state index in [0.717, 1.165) is 32.8 Å². The Hall–Kier alpha value is -3.66. The third kappa shape index (κ3) is 4.65. The minimum Gasteiger partial charge on any atom is -0.368 e. The number of carbonyl (C=O) groups is 2. The molecule has 4 aromatic rings. The van der Waals surface area contributed by atoms with E-state index < -0.39 is 23.6 Å². The zero-order valence-corrected chi connectivity index (χ0v) is 17.3. The van der Waals surface area contributed by atoms with Crippen LogP contribution in [-0.4, -0.2) is 27.9 Å². The van der Waals surface area contributed by atoms with Crippen LogP contribution >= 0.6 is 11.3 Å². The Kier molecular flexibility index (Phi) is 5.70. The number of amides is 2. The highest BCUT2D eigenvalue weighted by Crippen LogP contribution is 2.34. The maximum absolute atomic E-state index is 13.0. The molecule has 2 heterocycles. The standard InChI is InChI=1S/C22H17F3N4O2S/c23-22(24,25)15-5-1-3-13(7-15)8-16-9-14-4-2-6-18(20(14)32-16)29-11-17(28-12-29)21(31)27-10-19(26)30/h1-7,9,11-12H,8,10H2,(H2,26,30)(H,27,31). The van der Waals surface area contributed by atoms with E-state index in [0.29, 0.717) is 12.0 Å². The Labute approximate surface area is 184 Å². The number of thiophene rings is 1. The molecule has 0 radical (unpaired) electrons. The van der Waals surface area contributed by atoms with Crippen LogP contribution in [0.4, 0.5) is 13.2 Å². The Bertz CT molecular complexity index is 1310.